The number of hydrogen-bond donors (Lipinski definition) is 1. The molecule has 0 amide bonds. The van der Waals surface area contributed by atoms with Crippen LogP contribution in [0.1, 0.15) is 31.2 Å². The molecule has 0 spiro atoms. The predicted octanol–water partition coefficient (Wildman–Crippen LogP) is 3.94. The van der Waals surface area contributed by atoms with Crippen LogP contribution >= 0.6 is 11.3 Å². The summed E-state index contributed by atoms with van der Waals surface area (Å²) < 4.78 is 28.0. The molecule has 0 bridgehead atoms. The van der Waals surface area contributed by atoms with Crippen molar-refractivity contribution in [3.8, 4) is 0 Å². The highest BCUT2D eigenvalue weighted by Crippen LogP contribution is 2.41. The van der Waals surface area contributed by atoms with Gasteiger partial charge in [-0.25, -0.2) is 8.78 Å². The number of thiophene rings is 1. The maximum atomic E-state index is 13.9. The van der Waals surface area contributed by atoms with Crippen molar-refractivity contribution < 1.29 is 8.78 Å². The van der Waals surface area contributed by atoms with Crippen LogP contribution in [0.15, 0.2) is 12.1 Å². The van der Waals surface area contributed by atoms with Gasteiger partial charge in [-0.3, -0.25) is 0 Å². The topological polar surface area (TPSA) is 26.0 Å². The van der Waals surface area contributed by atoms with E-state index in [1.807, 2.05) is 20.8 Å². The van der Waals surface area contributed by atoms with Crippen molar-refractivity contribution in [1.82, 2.24) is 0 Å². The van der Waals surface area contributed by atoms with Crippen LogP contribution in [-0.4, -0.2) is 0 Å². The molecule has 0 saturated carbocycles. The van der Waals surface area contributed by atoms with E-state index < -0.39 is 0 Å². The van der Waals surface area contributed by atoms with Gasteiger partial charge in [0.2, 0.25) is 0 Å². The highest BCUT2D eigenvalue weighted by molar-refractivity contribution is 7.19. The maximum absolute atomic E-state index is 13.9. The molecule has 0 radical (unpaired) electrons. The molecule has 2 N–H and O–H groups in total. The van der Waals surface area contributed by atoms with Gasteiger partial charge in [0.25, 0.3) is 0 Å². The molecule has 0 saturated heterocycles. The van der Waals surface area contributed by atoms with E-state index in [-0.39, 0.29) is 17.0 Å². The van der Waals surface area contributed by atoms with Gasteiger partial charge in [-0.15, -0.1) is 11.3 Å². The zero-order valence-corrected chi connectivity index (χ0v) is 10.9. The number of halogens is 2. The van der Waals surface area contributed by atoms with Crippen molar-refractivity contribution in [2.45, 2.75) is 32.7 Å². The summed E-state index contributed by atoms with van der Waals surface area (Å²) >= 11 is 1.25. The molecule has 17 heavy (non-hydrogen) atoms. The molecule has 1 nitrogen and oxygen atoms in total. The average Bonchev–Trinajstić information content (AvgIpc) is 2.63. The standard InChI is InChI=1S/C13H15F2NS/c1-13(2,3)11-9(6-16)17-12-8(15)5-4-7(14)10(11)12/h4-5H,6,16H2,1-3H3. The number of hydrogen-bond acceptors (Lipinski definition) is 2. The van der Waals surface area contributed by atoms with Gasteiger partial charge in [-0.1, -0.05) is 20.8 Å². The second-order valence-corrected chi connectivity index (χ2v) is 6.19. The van der Waals surface area contributed by atoms with Gasteiger partial charge in [-0.2, -0.15) is 0 Å². The Balaban J connectivity index is 2.93. The van der Waals surface area contributed by atoms with Crippen LogP contribution in [0.4, 0.5) is 8.78 Å². The Morgan fingerprint density at radius 1 is 1.18 bits per heavy atom. The fraction of sp³-hybridized carbons (Fsp3) is 0.385. The van der Waals surface area contributed by atoms with Crippen LogP contribution < -0.4 is 5.73 Å². The molecule has 2 aromatic rings. The van der Waals surface area contributed by atoms with Crippen molar-refractivity contribution in [2.24, 2.45) is 5.73 Å². The highest BCUT2D eigenvalue weighted by atomic mass is 32.1. The Hall–Kier alpha value is -1.00. The van der Waals surface area contributed by atoms with E-state index in [1.165, 1.54) is 23.5 Å². The summed E-state index contributed by atoms with van der Waals surface area (Å²) in [5, 5.41) is 0.392. The second kappa shape index (κ2) is 4.03. The summed E-state index contributed by atoms with van der Waals surface area (Å²) in [6.07, 6.45) is 0. The van der Waals surface area contributed by atoms with E-state index in [4.69, 9.17) is 5.73 Å². The van der Waals surface area contributed by atoms with Crippen LogP contribution in [0.25, 0.3) is 10.1 Å². The molecule has 92 valence electrons. The first-order chi connectivity index (χ1) is 7.86. The summed E-state index contributed by atoms with van der Waals surface area (Å²) in [6.45, 7) is 6.26. The summed E-state index contributed by atoms with van der Waals surface area (Å²) in [6, 6.07) is 2.35. The number of fused-ring (bicyclic) bond motifs is 1. The van der Waals surface area contributed by atoms with Gasteiger partial charge in [-0.05, 0) is 23.1 Å². The largest absolute Gasteiger partial charge is 0.326 e. The Bertz CT molecular complexity index is 567. The molecule has 0 aliphatic carbocycles. The maximum Gasteiger partial charge on any atom is 0.141 e. The second-order valence-electron chi connectivity index (χ2n) is 5.09. The third-order valence-electron chi connectivity index (χ3n) is 2.75. The van der Waals surface area contributed by atoms with Crippen LogP contribution in [0.2, 0.25) is 0 Å². The number of nitrogens with two attached hydrogens (primary N) is 1. The zero-order chi connectivity index (χ0) is 12.8. The Morgan fingerprint density at radius 3 is 2.29 bits per heavy atom. The van der Waals surface area contributed by atoms with Gasteiger partial charge in [0.05, 0.1) is 4.70 Å². The molecular weight excluding hydrogens is 240 g/mol. The first kappa shape index (κ1) is 12.5. The van der Waals surface area contributed by atoms with Crippen LogP contribution in [0.5, 0.6) is 0 Å². The first-order valence-corrected chi connectivity index (χ1v) is 6.28. The minimum absolute atomic E-state index is 0.248. The quantitative estimate of drug-likeness (QED) is 0.820. The molecule has 0 aliphatic heterocycles. The van der Waals surface area contributed by atoms with Gasteiger partial charge in [0.15, 0.2) is 0 Å². The lowest BCUT2D eigenvalue weighted by Gasteiger charge is -2.20. The van der Waals surface area contributed by atoms with E-state index >= 15 is 0 Å². The molecule has 1 aromatic carbocycles. The van der Waals surface area contributed by atoms with E-state index in [2.05, 4.69) is 0 Å². The lowest BCUT2D eigenvalue weighted by atomic mass is 9.84. The third kappa shape index (κ3) is 1.96. The van der Waals surface area contributed by atoms with Gasteiger partial charge < -0.3 is 5.73 Å². The summed E-state index contributed by atoms with van der Waals surface area (Å²) in [4.78, 5) is 0.858. The van der Waals surface area contributed by atoms with E-state index in [9.17, 15) is 8.78 Å². The summed E-state index contributed by atoms with van der Waals surface area (Å²) in [5.41, 5.74) is 6.26. The van der Waals surface area contributed by atoms with Crippen molar-refractivity contribution >= 4 is 21.4 Å². The number of benzene rings is 1. The fourth-order valence-electron chi connectivity index (χ4n) is 2.12. The smallest absolute Gasteiger partial charge is 0.141 e. The van der Waals surface area contributed by atoms with Crippen LogP contribution in [0, 0.1) is 11.6 Å². The normalized spacial score (nSPS) is 12.4. The highest BCUT2D eigenvalue weighted by Gasteiger charge is 2.26. The molecule has 0 fully saturated rings. The molecule has 0 atom stereocenters. The fourth-order valence-corrected chi connectivity index (χ4v) is 3.42. The van der Waals surface area contributed by atoms with Gasteiger partial charge >= 0.3 is 0 Å². The predicted molar refractivity (Wildman–Crippen MR) is 68.3 cm³/mol. The van der Waals surface area contributed by atoms with Crippen molar-refractivity contribution in [1.29, 1.82) is 0 Å². The molecular formula is C13H15F2NS. The lowest BCUT2D eigenvalue weighted by molar-refractivity contribution is 0.581. The average molecular weight is 255 g/mol. The lowest BCUT2D eigenvalue weighted by Crippen LogP contribution is -2.14. The van der Waals surface area contributed by atoms with Gasteiger partial charge in [0.1, 0.15) is 11.6 Å². The molecule has 1 aromatic heterocycles. The van der Waals surface area contributed by atoms with Crippen molar-refractivity contribution in [3.63, 3.8) is 0 Å². The van der Waals surface area contributed by atoms with Crippen LogP contribution in [0.3, 0.4) is 0 Å². The molecule has 1 heterocycles. The first-order valence-electron chi connectivity index (χ1n) is 5.46. The monoisotopic (exact) mass is 255 g/mol. The van der Waals surface area contributed by atoms with E-state index in [1.54, 1.807) is 0 Å². The summed E-state index contributed by atoms with van der Waals surface area (Å²) in [5.74, 6) is -0.751. The number of rotatable bonds is 1. The molecule has 2 rings (SSSR count). The Labute approximate surface area is 103 Å². The Morgan fingerprint density at radius 2 is 1.76 bits per heavy atom. The summed E-state index contributed by atoms with van der Waals surface area (Å²) in [7, 11) is 0. The van der Waals surface area contributed by atoms with Crippen molar-refractivity contribution in [3.05, 3.63) is 34.2 Å². The van der Waals surface area contributed by atoms with Crippen molar-refractivity contribution in [2.75, 3.05) is 0 Å². The van der Waals surface area contributed by atoms with Gasteiger partial charge in [0, 0.05) is 16.8 Å². The van der Waals surface area contributed by atoms with E-state index in [0.717, 1.165) is 10.4 Å². The molecule has 0 unspecified atom stereocenters. The molecule has 4 heteroatoms. The molecule has 0 aliphatic rings. The third-order valence-corrected chi connectivity index (χ3v) is 3.97. The SMILES string of the molecule is CC(C)(C)c1c(CN)sc2c(F)ccc(F)c12. The van der Waals surface area contributed by atoms with Crippen LogP contribution in [-0.2, 0) is 12.0 Å². The minimum Gasteiger partial charge on any atom is -0.326 e. The zero-order valence-electron chi connectivity index (χ0n) is 10.1. The minimum atomic E-state index is -0.378. The van der Waals surface area contributed by atoms with E-state index in [0.29, 0.717) is 16.6 Å². The Kier molecular flexibility index (Phi) is 2.96.